The van der Waals surface area contributed by atoms with Gasteiger partial charge < -0.3 is 14.9 Å². The lowest BCUT2D eigenvalue weighted by Crippen LogP contribution is -2.14. The van der Waals surface area contributed by atoms with Crippen LogP contribution in [-0.4, -0.2) is 22.9 Å². The molecule has 0 aliphatic heterocycles. The molecule has 3 heteroatoms. The van der Waals surface area contributed by atoms with Crippen molar-refractivity contribution in [3.05, 3.63) is 29.3 Å². The molecule has 1 aromatic carbocycles. The van der Waals surface area contributed by atoms with Crippen molar-refractivity contribution in [2.45, 2.75) is 33.0 Å². The van der Waals surface area contributed by atoms with Crippen molar-refractivity contribution in [1.29, 1.82) is 0 Å². The molecular formula is C12H18O3. The molecular weight excluding hydrogens is 192 g/mol. The maximum absolute atomic E-state index is 9.52. The van der Waals surface area contributed by atoms with Crippen LogP contribution in [0.25, 0.3) is 0 Å². The number of aryl methyl sites for hydroxylation is 1. The van der Waals surface area contributed by atoms with E-state index in [-0.39, 0.29) is 6.61 Å². The molecule has 0 saturated heterocycles. The zero-order valence-corrected chi connectivity index (χ0v) is 9.40. The second-order valence-electron chi connectivity index (χ2n) is 3.88. The van der Waals surface area contributed by atoms with Crippen molar-refractivity contribution in [1.82, 2.24) is 0 Å². The van der Waals surface area contributed by atoms with Crippen molar-refractivity contribution < 1.29 is 14.9 Å². The van der Waals surface area contributed by atoms with Gasteiger partial charge in [-0.15, -0.1) is 0 Å². The minimum Gasteiger partial charge on any atom is -0.491 e. The molecule has 0 aliphatic rings. The predicted molar refractivity (Wildman–Crippen MR) is 59.0 cm³/mol. The Balaban J connectivity index is 2.87. The number of rotatable bonds is 4. The summed E-state index contributed by atoms with van der Waals surface area (Å²) in [6, 6.07) is 5.64. The minimum atomic E-state index is -0.561. The van der Waals surface area contributed by atoms with E-state index >= 15 is 0 Å². The molecule has 0 aromatic heterocycles. The van der Waals surface area contributed by atoms with E-state index < -0.39 is 12.2 Å². The third kappa shape index (κ3) is 3.53. The lowest BCUT2D eigenvalue weighted by atomic mass is 10.1. The second kappa shape index (κ2) is 5.14. The van der Waals surface area contributed by atoms with Gasteiger partial charge in [0.05, 0.1) is 12.2 Å². The number of aliphatic hydroxyl groups is 2. The molecule has 0 aliphatic carbocycles. The smallest absolute Gasteiger partial charge is 0.125 e. The highest BCUT2D eigenvalue weighted by molar-refractivity contribution is 5.38. The van der Waals surface area contributed by atoms with Crippen molar-refractivity contribution in [3.8, 4) is 5.75 Å². The number of hydrogen-bond acceptors (Lipinski definition) is 3. The molecule has 0 spiro atoms. The van der Waals surface area contributed by atoms with Crippen LogP contribution < -0.4 is 4.74 Å². The van der Waals surface area contributed by atoms with Gasteiger partial charge in [0.25, 0.3) is 0 Å². The topological polar surface area (TPSA) is 49.7 Å². The maximum atomic E-state index is 9.52. The van der Waals surface area contributed by atoms with Crippen molar-refractivity contribution >= 4 is 0 Å². The zero-order chi connectivity index (χ0) is 11.4. The Morgan fingerprint density at radius 3 is 2.47 bits per heavy atom. The molecule has 84 valence electrons. The molecule has 3 nitrogen and oxygen atoms in total. The first kappa shape index (κ1) is 12.0. The molecule has 0 saturated carbocycles. The Labute approximate surface area is 90.3 Å². The molecule has 0 bridgehead atoms. The largest absolute Gasteiger partial charge is 0.491 e. The van der Waals surface area contributed by atoms with Crippen LogP contribution in [0.2, 0.25) is 0 Å². The van der Waals surface area contributed by atoms with Gasteiger partial charge >= 0.3 is 0 Å². The SMILES string of the molecule is Cc1ccc([C@@H](C)O)c(OCC(C)O)c1. The van der Waals surface area contributed by atoms with Gasteiger partial charge in [-0.2, -0.15) is 0 Å². The van der Waals surface area contributed by atoms with Crippen LogP contribution in [0.1, 0.15) is 31.1 Å². The normalized spacial score (nSPS) is 14.7. The molecule has 15 heavy (non-hydrogen) atoms. The van der Waals surface area contributed by atoms with E-state index in [1.807, 2.05) is 25.1 Å². The minimum absolute atomic E-state index is 0.239. The highest BCUT2D eigenvalue weighted by Crippen LogP contribution is 2.26. The average molecular weight is 210 g/mol. The first-order valence-electron chi connectivity index (χ1n) is 5.10. The number of ether oxygens (including phenoxy) is 1. The number of hydrogen-bond donors (Lipinski definition) is 2. The van der Waals surface area contributed by atoms with Crippen LogP contribution in [0.4, 0.5) is 0 Å². The Morgan fingerprint density at radius 1 is 1.27 bits per heavy atom. The molecule has 1 unspecified atom stereocenters. The standard InChI is InChI=1S/C12H18O3/c1-8-4-5-11(10(3)14)12(6-8)15-7-9(2)13/h4-6,9-10,13-14H,7H2,1-3H3/t9?,10-/m1/s1. The van der Waals surface area contributed by atoms with Crippen LogP contribution in [0.15, 0.2) is 18.2 Å². The van der Waals surface area contributed by atoms with E-state index in [0.29, 0.717) is 5.75 Å². The van der Waals surface area contributed by atoms with Gasteiger partial charge in [-0.25, -0.2) is 0 Å². The molecule has 0 fully saturated rings. The van der Waals surface area contributed by atoms with Crippen LogP contribution in [0, 0.1) is 6.92 Å². The summed E-state index contributed by atoms with van der Waals surface area (Å²) in [5.74, 6) is 0.644. The van der Waals surface area contributed by atoms with Crippen molar-refractivity contribution in [2.24, 2.45) is 0 Å². The van der Waals surface area contributed by atoms with E-state index in [0.717, 1.165) is 11.1 Å². The molecule has 0 amide bonds. The lowest BCUT2D eigenvalue weighted by molar-refractivity contribution is 0.118. The van der Waals surface area contributed by atoms with Crippen LogP contribution in [0.5, 0.6) is 5.75 Å². The molecule has 0 radical (unpaired) electrons. The maximum Gasteiger partial charge on any atom is 0.125 e. The summed E-state index contributed by atoms with van der Waals surface area (Å²) in [7, 11) is 0. The third-order valence-electron chi connectivity index (χ3n) is 2.10. The fourth-order valence-corrected chi connectivity index (χ4v) is 1.32. The van der Waals surface area contributed by atoms with Crippen LogP contribution in [0.3, 0.4) is 0 Å². The Morgan fingerprint density at radius 2 is 1.93 bits per heavy atom. The van der Waals surface area contributed by atoms with Gasteiger partial charge in [0.1, 0.15) is 12.4 Å². The second-order valence-corrected chi connectivity index (χ2v) is 3.88. The third-order valence-corrected chi connectivity index (χ3v) is 2.10. The Bertz CT molecular complexity index is 319. The first-order chi connectivity index (χ1) is 7.00. The van der Waals surface area contributed by atoms with Crippen molar-refractivity contribution in [3.63, 3.8) is 0 Å². The summed E-state index contributed by atoms with van der Waals surface area (Å²) >= 11 is 0. The summed E-state index contributed by atoms with van der Waals surface area (Å²) < 4.78 is 5.43. The highest BCUT2D eigenvalue weighted by Gasteiger charge is 2.09. The first-order valence-corrected chi connectivity index (χ1v) is 5.10. The van der Waals surface area contributed by atoms with Gasteiger partial charge in [0, 0.05) is 5.56 Å². The zero-order valence-electron chi connectivity index (χ0n) is 9.40. The Kier molecular flexibility index (Phi) is 4.12. The van der Waals surface area contributed by atoms with Gasteiger partial charge in [0.2, 0.25) is 0 Å². The number of benzene rings is 1. The van der Waals surface area contributed by atoms with E-state index in [4.69, 9.17) is 9.84 Å². The number of aliphatic hydroxyl groups excluding tert-OH is 2. The summed E-state index contributed by atoms with van der Waals surface area (Å²) in [5, 5.41) is 18.6. The van der Waals surface area contributed by atoms with Crippen LogP contribution >= 0.6 is 0 Å². The van der Waals surface area contributed by atoms with Crippen molar-refractivity contribution in [2.75, 3.05) is 6.61 Å². The van der Waals surface area contributed by atoms with Gasteiger partial charge in [-0.1, -0.05) is 12.1 Å². The molecule has 1 rings (SSSR count). The highest BCUT2D eigenvalue weighted by atomic mass is 16.5. The quantitative estimate of drug-likeness (QED) is 0.796. The fraction of sp³-hybridized carbons (Fsp3) is 0.500. The van der Waals surface area contributed by atoms with E-state index in [9.17, 15) is 5.11 Å². The summed E-state index contributed by atoms with van der Waals surface area (Å²) in [4.78, 5) is 0. The lowest BCUT2D eigenvalue weighted by Gasteiger charge is -2.15. The molecule has 2 N–H and O–H groups in total. The van der Waals surface area contributed by atoms with Crippen LogP contribution in [-0.2, 0) is 0 Å². The van der Waals surface area contributed by atoms with Gasteiger partial charge in [-0.05, 0) is 32.4 Å². The van der Waals surface area contributed by atoms with E-state index in [2.05, 4.69) is 0 Å². The predicted octanol–water partition coefficient (Wildman–Crippen LogP) is 1.81. The summed E-state index contributed by atoms with van der Waals surface area (Å²) in [5.41, 5.74) is 1.82. The summed E-state index contributed by atoms with van der Waals surface area (Å²) in [6.07, 6.45) is -1.07. The molecule has 0 heterocycles. The summed E-state index contributed by atoms with van der Waals surface area (Å²) in [6.45, 7) is 5.56. The monoisotopic (exact) mass is 210 g/mol. The average Bonchev–Trinajstić information content (AvgIpc) is 2.14. The van der Waals surface area contributed by atoms with E-state index in [1.165, 1.54) is 0 Å². The molecule has 1 aromatic rings. The van der Waals surface area contributed by atoms with E-state index in [1.54, 1.807) is 13.8 Å². The van der Waals surface area contributed by atoms with Gasteiger partial charge in [0.15, 0.2) is 0 Å². The molecule has 2 atom stereocenters. The van der Waals surface area contributed by atoms with Gasteiger partial charge in [-0.3, -0.25) is 0 Å². The Hall–Kier alpha value is -1.06. The fourth-order valence-electron chi connectivity index (χ4n) is 1.32.